The maximum Gasteiger partial charge on any atom is 0.186 e. The van der Waals surface area contributed by atoms with Crippen LogP contribution in [0.5, 0.6) is 0 Å². The summed E-state index contributed by atoms with van der Waals surface area (Å²) in [6.45, 7) is 3.45. The smallest absolute Gasteiger partial charge is 0.186 e. The van der Waals surface area contributed by atoms with Crippen molar-refractivity contribution in [3.8, 4) is 0 Å². The molecule has 0 bridgehead atoms. The van der Waals surface area contributed by atoms with Crippen LogP contribution in [0.1, 0.15) is 13.8 Å². The first-order valence-corrected chi connectivity index (χ1v) is 3.76. The van der Waals surface area contributed by atoms with Gasteiger partial charge in [-0.25, -0.2) is 0 Å². The van der Waals surface area contributed by atoms with E-state index in [9.17, 15) is 0 Å². The van der Waals surface area contributed by atoms with Crippen LogP contribution >= 0.6 is 12.2 Å². The van der Waals surface area contributed by atoms with Crippen molar-refractivity contribution in [3.63, 3.8) is 0 Å². The second-order valence-corrected chi connectivity index (χ2v) is 2.49. The van der Waals surface area contributed by atoms with Gasteiger partial charge in [0, 0.05) is 33.2 Å². The third-order valence-electron chi connectivity index (χ3n) is 1.24. The molecule has 0 amide bonds. The van der Waals surface area contributed by atoms with Crippen molar-refractivity contribution in [2.75, 3.05) is 7.05 Å². The zero-order valence-electron chi connectivity index (χ0n) is 7.68. The van der Waals surface area contributed by atoms with Crippen LogP contribution in [0.2, 0.25) is 0 Å². The van der Waals surface area contributed by atoms with E-state index in [-0.39, 0.29) is 20.4 Å². The quantitative estimate of drug-likeness (QED) is 0.429. The van der Waals surface area contributed by atoms with Gasteiger partial charge in [-0.3, -0.25) is 5.43 Å². The van der Waals surface area contributed by atoms with E-state index in [0.29, 0.717) is 16.5 Å². The van der Waals surface area contributed by atoms with Gasteiger partial charge in [0.05, 0.1) is 5.71 Å². The Morgan fingerprint density at radius 2 is 1.85 bits per heavy atom. The predicted octanol–water partition coefficient (Wildman–Crippen LogP) is 0.882. The van der Waals surface area contributed by atoms with E-state index >= 15 is 0 Å². The van der Waals surface area contributed by atoms with Gasteiger partial charge in [-0.2, -0.15) is 5.10 Å². The van der Waals surface area contributed by atoms with Crippen molar-refractivity contribution < 1.29 is 20.4 Å². The van der Waals surface area contributed by atoms with E-state index in [2.05, 4.69) is 20.9 Å². The molecule has 5 nitrogen and oxygen atoms in total. The molecular weight excluding hydrogens is 360 g/mol. The molecule has 3 N–H and O–H groups in total. The van der Waals surface area contributed by atoms with Gasteiger partial charge in [-0.05, 0) is 26.1 Å². The molecule has 0 aromatic rings. The fourth-order valence-corrected chi connectivity index (χ4v) is 0.398. The van der Waals surface area contributed by atoms with Gasteiger partial charge in [0.15, 0.2) is 5.11 Å². The molecule has 0 aliphatic carbocycles. The number of thiocarbonyl (C=S) groups is 1. The van der Waals surface area contributed by atoms with Gasteiger partial charge < -0.3 is 16.3 Å². The number of nitrogens with zero attached hydrogens (tertiary/aromatic N) is 2. The Morgan fingerprint density at radius 1 is 1.31 bits per heavy atom. The Bertz CT molecular complexity index is 225. The molecule has 0 saturated carbocycles. The molecule has 13 heavy (non-hydrogen) atoms. The molecule has 0 rings (SSSR count). The summed E-state index contributed by atoms with van der Waals surface area (Å²) in [6, 6.07) is 0. The molecule has 0 aromatic heterocycles. The number of rotatable bonds is 2. The fraction of sp³-hybridized carbons (Fsp3) is 0.500. The molecule has 0 saturated heterocycles. The summed E-state index contributed by atoms with van der Waals surface area (Å²) in [6.07, 6.45) is 0. The predicted molar refractivity (Wildman–Crippen MR) is 55.3 cm³/mol. The van der Waals surface area contributed by atoms with Gasteiger partial charge in [0.25, 0.3) is 0 Å². The Morgan fingerprint density at radius 3 is 2.23 bits per heavy atom. The molecule has 0 aliphatic heterocycles. The second kappa shape index (κ2) is 8.11. The van der Waals surface area contributed by atoms with Gasteiger partial charge >= 0.3 is 0 Å². The van der Waals surface area contributed by atoms with E-state index in [0.717, 1.165) is 0 Å². The van der Waals surface area contributed by atoms with Crippen LogP contribution in [0.25, 0.3) is 5.84 Å². The maximum absolute atomic E-state index is 6.70. The summed E-state index contributed by atoms with van der Waals surface area (Å²) in [5, 5.41) is 10.2. The maximum atomic E-state index is 6.70. The topological polar surface area (TPSA) is 72.6 Å². The first-order chi connectivity index (χ1) is 5.61. The van der Waals surface area contributed by atoms with Crippen LogP contribution < -0.4 is 10.7 Å². The third-order valence-corrected chi connectivity index (χ3v) is 1.54. The Balaban J connectivity index is 0. The van der Waals surface area contributed by atoms with Crippen LogP contribution in [0.4, 0.5) is 0 Å². The zero-order valence-corrected chi connectivity index (χ0v) is 11.2. The summed E-state index contributed by atoms with van der Waals surface area (Å²) in [5.41, 5.74) is 3.79. The summed E-state index contributed by atoms with van der Waals surface area (Å²) in [5.74, 6) is 6.70. The van der Waals surface area contributed by atoms with Gasteiger partial charge in [0.1, 0.15) is 0 Å². The minimum absolute atomic E-state index is 0. The minimum Gasteiger partial charge on any atom is -0.616 e. The van der Waals surface area contributed by atoms with Crippen LogP contribution in [0, 0.1) is 0 Å². The molecular formula is C6H12N5ReS-. The Kier molecular flexibility index (Phi) is 9.35. The standard InChI is InChI=1S/C6H13N5S.Re/c1-4(9-7)5(2)10-11-6(12)8-3;/h1-3H3,(H4,7,8,9,10,11,12);/p-1. The van der Waals surface area contributed by atoms with Crippen molar-refractivity contribution >= 4 is 28.8 Å². The second-order valence-electron chi connectivity index (χ2n) is 2.09. The van der Waals surface area contributed by atoms with Crippen LogP contribution in [-0.2, 0) is 20.4 Å². The molecule has 1 radical (unpaired) electrons. The average molecular weight is 372 g/mol. The van der Waals surface area contributed by atoms with Crippen molar-refractivity contribution in [2.45, 2.75) is 13.8 Å². The first-order valence-electron chi connectivity index (χ1n) is 3.35. The Hall–Kier alpha value is -0.508. The zero-order chi connectivity index (χ0) is 9.56. The fourth-order valence-electron chi connectivity index (χ4n) is 0.352. The van der Waals surface area contributed by atoms with E-state index in [4.69, 9.17) is 18.1 Å². The molecule has 0 unspecified atom stereocenters. The number of hydrogen-bond acceptors (Lipinski definition) is 3. The van der Waals surface area contributed by atoms with E-state index in [1.807, 2.05) is 0 Å². The third kappa shape index (κ3) is 6.64. The average Bonchev–Trinajstić information content (AvgIpc) is 2.11. The van der Waals surface area contributed by atoms with Gasteiger partial charge in [0.2, 0.25) is 0 Å². The van der Waals surface area contributed by atoms with Crippen molar-refractivity contribution in [1.29, 1.82) is 0 Å². The van der Waals surface area contributed by atoms with Gasteiger partial charge in [-0.1, -0.05) is 0 Å². The monoisotopic (exact) mass is 373 g/mol. The summed E-state index contributed by atoms with van der Waals surface area (Å²) in [7, 11) is 1.70. The van der Waals surface area contributed by atoms with Crippen LogP contribution in [0.15, 0.2) is 10.2 Å². The summed E-state index contributed by atoms with van der Waals surface area (Å²) in [4.78, 5) is 0. The van der Waals surface area contributed by atoms with Crippen LogP contribution in [-0.4, -0.2) is 23.6 Å². The first kappa shape index (κ1) is 15.0. The number of hydrogen-bond donors (Lipinski definition) is 2. The molecule has 0 fully saturated rings. The number of hydrazone groups is 1. The minimum atomic E-state index is 0. The molecule has 0 spiro atoms. The van der Waals surface area contributed by atoms with Crippen LogP contribution in [0.3, 0.4) is 0 Å². The van der Waals surface area contributed by atoms with Crippen molar-refractivity contribution in [1.82, 2.24) is 10.7 Å². The number of nitrogens with one attached hydrogen (secondary N) is 3. The van der Waals surface area contributed by atoms with Gasteiger partial charge in [-0.15, -0.1) is 0 Å². The molecule has 0 atom stereocenters. The SMILES string of the molecule is CNC(=S)N/N=C(C)/C(C)=N/[NH-].[Re]. The largest absolute Gasteiger partial charge is 0.616 e. The van der Waals surface area contributed by atoms with E-state index in [1.54, 1.807) is 20.9 Å². The molecule has 0 aliphatic rings. The summed E-state index contributed by atoms with van der Waals surface area (Å²) >= 11 is 4.78. The molecule has 7 heteroatoms. The molecule has 0 heterocycles. The van der Waals surface area contributed by atoms with E-state index < -0.39 is 0 Å². The van der Waals surface area contributed by atoms with E-state index in [1.165, 1.54) is 0 Å². The van der Waals surface area contributed by atoms with Crippen molar-refractivity contribution in [2.24, 2.45) is 10.2 Å². The van der Waals surface area contributed by atoms with Crippen molar-refractivity contribution in [3.05, 3.63) is 5.84 Å². The normalized spacial score (nSPS) is 11.6. The Labute approximate surface area is 96.9 Å². The molecule has 0 aromatic carbocycles. The summed E-state index contributed by atoms with van der Waals surface area (Å²) < 4.78 is 0. The molecule has 75 valence electrons.